The zero-order valence-electron chi connectivity index (χ0n) is 22.9. The number of ether oxygens (including phenoxy) is 1. The van der Waals surface area contributed by atoms with E-state index in [-0.39, 0.29) is 37.0 Å². The lowest BCUT2D eigenvalue weighted by molar-refractivity contribution is -0.156. The van der Waals surface area contributed by atoms with E-state index >= 15 is 0 Å². The molecule has 8 heteroatoms. The fraction of sp³-hybridized carbons (Fsp3) is 0.567. The Kier molecular flexibility index (Phi) is 10.0. The van der Waals surface area contributed by atoms with E-state index in [2.05, 4.69) is 11.6 Å². The molecule has 0 fully saturated rings. The molecule has 0 radical (unpaired) electrons. The summed E-state index contributed by atoms with van der Waals surface area (Å²) in [5.41, 5.74) is 1.62. The second-order valence-electron chi connectivity index (χ2n) is 11.1. The first kappa shape index (κ1) is 29.7. The highest BCUT2D eigenvalue weighted by atomic mass is 16.5. The minimum absolute atomic E-state index is 0.117. The first-order valence-corrected chi connectivity index (χ1v) is 13.3. The van der Waals surface area contributed by atoms with Crippen LogP contribution in [0.5, 0.6) is 0 Å². The van der Waals surface area contributed by atoms with Crippen molar-refractivity contribution < 1.29 is 34.1 Å². The number of hydrogen-bond acceptors (Lipinski definition) is 8. The molecule has 1 aromatic heterocycles. The van der Waals surface area contributed by atoms with Gasteiger partial charge in [-0.2, -0.15) is 0 Å². The van der Waals surface area contributed by atoms with Crippen molar-refractivity contribution in [3.63, 3.8) is 0 Å². The van der Waals surface area contributed by atoms with Crippen LogP contribution in [-0.2, 0) is 20.9 Å². The summed E-state index contributed by atoms with van der Waals surface area (Å²) in [5, 5.41) is 31.4. The highest BCUT2D eigenvalue weighted by Gasteiger charge is 2.43. The van der Waals surface area contributed by atoms with Crippen LogP contribution in [0.1, 0.15) is 83.8 Å². The fourth-order valence-electron chi connectivity index (χ4n) is 5.04. The number of Topliss-reactive ketones (excluding diaryl/α,β-unsaturated/α-hetero) is 1. The quantitative estimate of drug-likeness (QED) is 0.376. The van der Waals surface area contributed by atoms with Crippen LogP contribution in [-0.4, -0.2) is 44.3 Å². The van der Waals surface area contributed by atoms with Crippen LogP contribution in [0.25, 0.3) is 11.1 Å². The normalized spacial score (nSPS) is 28.1. The van der Waals surface area contributed by atoms with Gasteiger partial charge in [0.2, 0.25) is 5.89 Å². The minimum atomic E-state index is -1.30. The number of oxazole rings is 1. The summed E-state index contributed by atoms with van der Waals surface area (Å²) in [6, 6.07) is 5.29. The van der Waals surface area contributed by atoms with Gasteiger partial charge in [-0.05, 0) is 56.2 Å². The average molecular weight is 528 g/mol. The molecule has 0 unspecified atom stereocenters. The van der Waals surface area contributed by atoms with Crippen LogP contribution in [0.2, 0.25) is 0 Å². The van der Waals surface area contributed by atoms with E-state index in [1.807, 2.05) is 19.9 Å². The van der Waals surface area contributed by atoms with Crippen LogP contribution in [0.15, 0.2) is 46.9 Å². The Morgan fingerprint density at radius 1 is 1.24 bits per heavy atom. The molecule has 0 amide bonds. The number of benzene rings is 1. The lowest BCUT2D eigenvalue weighted by Crippen LogP contribution is -2.46. The molecule has 0 saturated heterocycles. The zero-order chi connectivity index (χ0) is 28.0. The molecule has 3 rings (SSSR count). The molecule has 5 atom stereocenters. The molecule has 0 spiro atoms. The lowest BCUT2D eigenvalue weighted by atomic mass is 9.71. The van der Waals surface area contributed by atoms with Gasteiger partial charge in [0.05, 0.1) is 24.0 Å². The number of cyclic esters (lactones) is 1. The summed E-state index contributed by atoms with van der Waals surface area (Å²) in [6.07, 6.45) is 3.57. The van der Waals surface area contributed by atoms with Crippen LogP contribution >= 0.6 is 0 Å². The number of hydrogen-bond donors (Lipinski definition) is 3. The predicted molar refractivity (Wildman–Crippen MR) is 144 cm³/mol. The summed E-state index contributed by atoms with van der Waals surface area (Å²) < 4.78 is 11.3. The molecule has 0 saturated carbocycles. The van der Waals surface area contributed by atoms with E-state index in [9.17, 15) is 24.9 Å². The van der Waals surface area contributed by atoms with Crippen LogP contribution in [0.4, 0.5) is 0 Å². The van der Waals surface area contributed by atoms with Crippen molar-refractivity contribution in [3.8, 4) is 0 Å². The zero-order valence-corrected chi connectivity index (χ0v) is 22.9. The van der Waals surface area contributed by atoms with Gasteiger partial charge in [-0.15, -0.1) is 6.58 Å². The van der Waals surface area contributed by atoms with Crippen molar-refractivity contribution in [1.29, 1.82) is 0 Å². The van der Waals surface area contributed by atoms with Gasteiger partial charge in [0.25, 0.3) is 0 Å². The summed E-state index contributed by atoms with van der Waals surface area (Å²) >= 11 is 0. The summed E-state index contributed by atoms with van der Waals surface area (Å²) in [6.45, 7) is 10.6. The third kappa shape index (κ3) is 6.98. The Morgan fingerprint density at radius 3 is 2.66 bits per heavy atom. The molecule has 0 aliphatic carbocycles. The summed E-state index contributed by atoms with van der Waals surface area (Å²) in [7, 11) is 0. The maximum Gasteiger partial charge on any atom is 0.309 e. The van der Waals surface area contributed by atoms with Crippen molar-refractivity contribution in [2.24, 2.45) is 17.3 Å². The number of carbonyl (C=O) groups excluding carboxylic acids is 2. The predicted octanol–water partition coefficient (Wildman–Crippen LogP) is 4.96. The smallest absolute Gasteiger partial charge is 0.309 e. The third-order valence-electron chi connectivity index (χ3n) is 7.73. The van der Waals surface area contributed by atoms with Crippen molar-refractivity contribution in [3.05, 3.63) is 54.0 Å². The van der Waals surface area contributed by atoms with E-state index in [0.717, 1.165) is 24.8 Å². The number of aliphatic hydroxyl groups is 3. The van der Waals surface area contributed by atoms with Gasteiger partial charge in [-0.1, -0.05) is 44.6 Å². The number of allylic oxidation sites excluding steroid dienone is 2. The summed E-state index contributed by atoms with van der Waals surface area (Å²) in [4.78, 5) is 30.8. The number of carbonyl (C=O) groups is 2. The largest absolute Gasteiger partial charge is 0.457 e. The second-order valence-corrected chi connectivity index (χ2v) is 11.1. The molecule has 38 heavy (non-hydrogen) atoms. The van der Waals surface area contributed by atoms with Crippen molar-refractivity contribution in [2.45, 2.75) is 91.1 Å². The Balaban J connectivity index is 1.93. The maximum absolute atomic E-state index is 13.5. The number of esters is 1. The first-order chi connectivity index (χ1) is 18.0. The van der Waals surface area contributed by atoms with Gasteiger partial charge in [0.1, 0.15) is 24.0 Å². The van der Waals surface area contributed by atoms with E-state index in [0.29, 0.717) is 23.1 Å². The van der Waals surface area contributed by atoms with Gasteiger partial charge in [0, 0.05) is 12.3 Å². The number of fused-ring (bicyclic) bond motifs is 1. The SMILES string of the molecule is C=CC[C@H]1C(=O)C(C)(C)[C@@H](O)CC(=O)O[C@H](c2ccc3oc(CO)nc3c2)CC=C(C)CCC[C@H](C)[C@@H]1O. The monoisotopic (exact) mass is 527 g/mol. The number of rotatable bonds is 4. The minimum Gasteiger partial charge on any atom is -0.457 e. The Bertz CT molecular complexity index is 1160. The van der Waals surface area contributed by atoms with E-state index < -0.39 is 35.6 Å². The van der Waals surface area contributed by atoms with Crippen LogP contribution in [0, 0.1) is 17.3 Å². The number of aliphatic hydroxyl groups excluding tert-OH is 3. The summed E-state index contributed by atoms with van der Waals surface area (Å²) in [5.74, 6) is -1.57. The standard InChI is InChI=1S/C30H41NO7/c1-6-8-21-28(35)19(3)10-7-9-18(2)11-13-23(38-27(34)16-25(33)30(4,5)29(21)36)20-12-14-24-22(15-20)31-26(17-32)37-24/h6,11-12,14-15,19,21,23,25,28,32-33,35H,1,7-10,13,16-17H2,2-5H3/t19-,21+,23-,25-,28-/m0/s1. The topological polar surface area (TPSA) is 130 Å². The molecule has 8 nitrogen and oxygen atoms in total. The third-order valence-corrected chi connectivity index (χ3v) is 7.73. The molecule has 208 valence electrons. The Morgan fingerprint density at radius 2 is 1.97 bits per heavy atom. The van der Waals surface area contributed by atoms with Crippen LogP contribution in [0.3, 0.4) is 0 Å². The lowest BCUT2D eigenvalue weighted by Gasteiger charge is -2.35. The first-order valence-electron chi connectivity index (χ1n) is 13.3. The molecule has 2 heterocycles. The number of aromatic nitrogens is 1. The molecule has 1 aromatic carbocycles. The molecular formula is C30H41NO7. The van der Waals surface area contributed by atoms with Crippen molar-refractivity contribution >= 4 is 22.9 Å². The molecule has 1 aliphatic rings. The second kappa shape index (κ2) is 12.8. The van der Waals surface area contributed by atoms with Crippen LogP contribution < -0.4 is 0 Å². The Labute approximate surface area is 224 Å². The molecule has 3 N–H and O–H groups in total. The van der Waals surface area contributed by atoms with Gasteiger partial charge >= 0.3 is 5.97 Å². The van der Waals surface area contributed by atoms with E-state index in [4.69, 9.17) is 9.15 Å². The number of nitrogens with zero attached hydrogens (tertiary/aromatic N) is 1. The molecule has 0 bridgehead atoms. The molecular weight excluding hydrogens is 486 g/mol. The Hall–Kier alpha value is -2.81. The molecule has 2 aromatic rings. The maximum atomic E-state index is 13.5. The average Bonchev–Trinajstić information content (AvgIpc) is 3.30. The number of ketones is 1. The van der Waals surface area contributed by atoms with Crippen molar-refractivity contribution in [2.75, 3.05) is 0 Å². The highest BCUT2D eigenvalue weighted by molar-refractivity contribution is 5.88. The molecule has 1 aliphatic heterocycles. The highest BCUT2D eigenvalue weighted by Crippen LogP contribution is 2.35. The van der Waals surface area contributed by atoms with Crippen molar-refractivity contribution in [1.82, 2.24) is 4.98 Å². The van der Waals surface area contributed by atoms with E-state index in [1.54, 1.807) is 38.1 Å². The van der Waals surface area contributed by atoms with Gasteiger partial charge in [-0.3, -0.25) is 9.59 Å². The van der Waals surface area contributed by atoms with Gasteiger partial charge in [0.15, 0.2) is 5.58 Å². The fourth-order valence-corrected chi connectivity index (χ4v) is 5.04. The van der Waals surface area contributed by atoms with Gasteiger partial charge < -0.3 is 24.5 Å². The van der Waals surface area contributed by atoms with Gasteiger partial charge in [-0.25, -0.2) is 4.98 Å². The van der Waals surface area contributed by atoms with E-state index in [1.165, 1.54) is 0 Å².